The normalized spacial score (nSPS) is 32.5. The highest BCUT2D eigenvalue weighted by Gasteiger charge is 2.47. The lowest BCUT2D eigenvalue weighted by Crippen LogP contribution is -2.53. The molecule has 0 saturated carbocycles. The summed E-state index contributed by atoms with van der Waals surface area (Å²) in [6, 6.07) is -0.114. The molecule has 0 radical (unpaired) electrons. The molecule has 1 fully saturated rings. The highest BCUT2D eigenvalue weighted by atomic mass is 16.6. The van der Waals surface area contributed by atoms with Crippen LogP contribution in [-0.2, 0) is 9.53 Å². The largest absolute Gasteiger partial charge is 0.632 e. The third-order valence-corrected chi connectivity index (χ3v) is 4.89. The number of hydrogen-bond donors (Lipinski definition) is 2. The second-order valence-corrected chi connectivity index (χ2v) is 6.53. The van der Waals surface area contributed by atoms with Gasteiger partial charge in [0.25, 0.3) is 0 Å². The topological polar surface area (TPSA) is 89.8 Å². The van der Waals surface area contributed by atoms with Crippen LogP contribution in [0.25, 0.3) is 0 Å². The molecule has 2 rings (SSSR count). The molecule has 4 unspecified atom stereocenters. The van der Waals surface area contributed by atoms with Crippen molar-refractivity contribution in [3.8, 4) is 0 Å². The fraction of sp³-hybridized carbons (Fsp3) is 0.800. The van der Waals surface area contributed by atoms with Crippen molar-refractivity contribution in [3.63, 3.8) is 0 Å². The van der Waals surface area contributed by atoms with E-state index in [2.05, 4.69) is 0 Å². The van der Waals surface area contributed by atoms with Crippen molar-refractivity contribution < 1.29 is 24.4 Å². The van der Waals surface area contributed by atoms with Crippen LogP contribution in [0.2, 0.25) is 0 Å². The Morgan fingerprint density at radius 1 is 1.57 bits per heavy atom. The van der Waals surface area contributed by atoms with Gasteiger partial charge in [0.2, 0.25) is 0 Å². The third-order valence-electron chi connectivity index (χ3n) is 4.89. The van der Waals surface area contributed by atoms with Gasteiger partial charge in [0.15, 0.2) is 5.60 Å². The standard InChI is InChI=1S/C15H25NO5/c1-10(2)15(19,11(3)17)14(18)21-9-12-6-8-16(20)7-4-5-13(12)16/h6,10-11,13,17,19H,4-5,7-9H2,1-3H3. The summed E-state index contributed by atoms with van der Waals surface area (Å²) in [6.45, 7) is 5.74. The van der Waals surface area contributed by atoms with E-state index >= 15 is 0 Å². The summed E-state index contributed by atoms with van der Waals surface area (Å²) in [5.74, 6) is -1.30. The number of ether oxygens (including phenoxy) is 1. The number of hydroxylamine groups is 3. The summed E-state index contributed by atoms with van der Waals surface area (Å²) < 4.78 is 4.96. The minimum absolute atomic E-state index is 0.0213. The first-order valence-electron chi connectivity index (χ1n) is 7.56. The van der Waals surface area contributed by atoms with Gasteiger partial charge in [-0.15, -0.1) is 0 Å². The number of esters is 1. The molecule has 2 heterocycles. The minimum atomic E-state index is -1.92. The van der Waals surface area contributed by atoms with Gasteiger partial charge in [-0.25, -0.2) is 4.79 Å². The quantitative estimate of drug-likeness (QED) is 0.338. The smallest absolute Gasteiger partial charge is 0.341 e. The maximum absolute atomic E-state index is 12.4. The van der Waals surface area contributed by atoms with Gasteiger partial charge in [-0.05, 0) is 18.9 Å². The van der Waals surface area contributed by atoms with Crippen molar-refractivity contribution >= 4 is 5.97 Å². The van der Waals surface area contributed by atoms with E-state index in [1.165, 1.54) is 6.92 Å². The SMILES string of the molecule is CC(C)C(O)(C(=O)OCC1=CC[N+]2([O-])CCCC12)C(C)O. The van der Waals surface area contributed by atoms with Gasteiger partial charge in [0.05, 0.1) is 19.2 Å². The Kier molecular flexibility index (Phi) is 4.44. The van der Waals surface area contributed by atoms with Crippen molar-refractivity contribution in [2.24, 2.45) is 5.92 Å². The summed E-state index contributed by atoms with van der Waals surface area (Å²) in [5.41, 5.74) is -1.08. The zero-order valence-corrected chi connectivity index (χ0v) is 12.9. The number of aliphatic hydroxyl groups is 2. The van der Waals surface area contributed by atoms with Gasteiger partial charge < -0.3 is 24.8 Å². The van der Waals surface area contributed by atoms with Crippen LogP contribution in [0.4, 0.5) is 0 Å². The molecule has 0 aromatic heterocycles. The molecule has 6 heteroatoms. The molecule has 4 atom stereocenters. The molecule has 0 aliphatic carbocycles. The van der Waals surface area contributed by atoms with Crippen LogP contribution in [0.5, 0.6) is 0 Å². The number of carbonyl (C=O) groups is 1. The highest BCUT2D eigenvalue weighted by molar-refractivity contribution is 5.80. The fourth-order valence-electron chi connectivity index (χ4n) is 3.37. The average Bonchev–Trinajstić information content (AvgIpc) is 2.91. The van der Waals surface area contributed by atoms with Crippen LogP contribution in [0.15, 0.2) is 11.6 Å². The summed E-state index contributed by atoms with van der Waals surface area (Å²) in [4.78, 5) is 12.1. The van der Waals surface area contributed by atoms with Crippen molar-refractivity contribution in [2.75, 3.05) is 19.7 Å². The van der Waals surface area contributed by atoms with E-state index < -0.39 is 23.6 Å². The van der Waals surface area contributed by atoms with Crippen LogP contribution in [-0.4, -0.2) is 58.3 Å². The molecule has 2 aliphatic heterocycles. The van der Waals surface area contributed by atoms with E-state index in [9.17, 15) is 20.2 Å². The number of fused-ring (bicyclic) bond motifs is 1. The van der Waals surface area contributed by atoms with Crippen LogP contribution in [0, 0.1) is 11.1 Å². The third kappa shape index (κ3) is 2.73. The first-order chi connectivity index (χ1) is 9.71. The van der Waals surface area contributed by atoms with E-state index in [0.717, 1.165) is 18.4 Å². The number of nitrogens with zero attached hydrogens (tertiary/aromatic N) is 1. The van der Waals surface area contributed by atoms with Gasteiger partial charge in [-0.2, -0.15) is 0 Å². The Bertz CT molecular complexity index is 437. The Labute approximate surface area is 125 Å². The highest BCUT2D eigenvalue weighted by Crippen LogP contribution is 2.36. The van der Waals surface area contributed by atoms with Gasteiger partial charge in [0, 0.05) is 18.4 Å². The van der Waals surface area contributed by atoms with Gasteiger partial charge in [-0.1, -0.05) is 13.8 Å². The molecule has 0 spiro atoms. The van der Waals surface area contributed by atoms with Crippen LogP contribution >= 0.6 is 0 Å². The predicted molar refractivity (Wildman–Crippen MR) is 76.9 cm³/mol. The molecule has 6 nitrogen and oxygen atoms in total. The zero-order valence-electron chi connectivity index (χ0n) is 12.9. The van der Waals surface area contributed by atoms with Gasteiger partial charge in [-0.3, -0.25) is 0 Å². The van der Waals surface area contributed by atoms with E-state index in [1.54, 1.807) is 13.8 Å². The maximum atomic E-state index is 12.4. The lowest BCUT2D eigenvalue weighted by molar-refractivity contribution is -0.875. The number of rotatable bonds is 5. The Balaban J connectivity index is 1.99. The summed E-state index contributed by atoms with van der Waals surface area (Å²) in [6.07, 6.45) is 2.34. The molecule has 1 saturated heterocycles. The number of aliphatic hydroxyl groups excluding tert-OH is 1. The molecule has 120 valence electrons. The molecular weight excluding hydrogens is 274 g/mol. The first kappa shape index (κ1) is 16.4. The van der Waals surface area contributed by atoms with Crippen molar-refractivity contribution in [3.05, 3.63) is 16.9 Å². The number of carbonyl (C=O) groups excluding carboxylic acids is 1. The summed E-state index contributed by atoms with van der Waals surface area (Å²) in [5, 5.41) is 32.4. The molecule has 21 heavy (non-hydrogen) atoms. The molecule has 2 N–H and O–H groups in total. The Hall–Kier alpha value is -0.950. The van der Waals surface area contributed by atoms with Crippen LogP contribution in [0.1, 0.15) is 33.6 Å². The minimum Gasteiger partial charge on any atom is -0.632 e. The predicted octanol–water partition coefficient (Wildman–Crippen LogP) is 0.714. The van der Waals surface area contributed by atoms with Crippen LogP contribution < -0.4 is 0 Å². The van der Waals surface area contributed by atoms with E-state index in [1.807, 2.05) is 6.08 Å². The monoisotopic (exact) mass is 299 g/mol. The van der Waals surface area contributed by atoms with Crippen molar-refractivity contribution in [1.82, 2.24) is 0 Å². The average molecular weight is 299 g/mol. The van der Waals surface area contributed by atoms with E-state index in [0.29, 0.717) is 13.1 Å². The summed E-state index contributed by atoms with van der Waals surface area (Å²) >= 11 is 0. The first-order valence-corrected chi connectivity index (χ1v) is 7.56. The van der Waals surface area contributed by atoms with Crippen LogP contribution in [0.3, 0.4) is 0 Å². The molecule has 0 amide bonds. The lowest BCUT2D eigenvalue weighted by atomic mass is 9.85. The molecule has 0 aromatic rings. The van der Waals surface area contributed by atoms with E-state index in [-0.39, 0.29) is 17.3 Å². The fourth-order valence-corrected chi connectivity index (χ4v) is 3.37. The van der Waals surface area contributed by atoms with Crippen molar-refractivity contribution in [2.45, 2.75) is 51.4 Å². The molecule has 0 aromatic carbocycles. The molecular formula is C15H25NO5. The van der Waals surface area contributed by atoms with Gasteiger partial charge in [0.1, 0.15) is 12.6 Å². The number of quaternary nitrogens is 1. The van der Waals surface area contributed by atoms with Crippen molar-refractivity contribution in [1.29, 1.82) is 0 Å². The zero-order chi connectivity index (χ0) is 15.8. The Morgan fingerprint density at radius 3 is 2.81 bits per heavy atom. The summed E-state index contributed by atoms with van der Waals surface area (Å²) in [7, 11) is 0. The molecule has 2 aliphatic rings. The molecule has 0 bridgehead atoms. The maximum Gasteiger partial charge on any atom is 0.341 e. The second kappa shape index (κ2) is 5.68. The number of hydrogen-bond acceptors (Lipinski definition) is 5. The lowest BCUT2D eigenvalue weighted by Gasteiger charge is -2.40. The Morgan fingerprint density at radius 2 is 2.24 bits per heavy atom. The van der Waals surface area contributed by atoms with Gasteiger partial charge >= 0.3 is 5.97 Å². The van der Waals surface area contributed by atoms with E-state index in [4.69, 9.17) is 4.74 Å². The second-order valence-electron chi connectivity index (χ2n) is 6.53.